The lowest BCUT2D eigenvalue weighted by Crippen LogP contribution is -2.43. The predicted molar refractivity (Wildman–Crippen MR) is 80.4 cm³/mol. The number of benzene rings is 1. The Morgan fingerprint density at radius 3 is 2.64 bits per heavy atom. The van der Waals surface area contributed by atoms with Crippen LogP contribution in [0.4, 0.5) is 4.79 Å². The Balaban J connectivity index is 1.60. The lowest BCUT2D eigenvalue weighted by Gasteiger charge is -2.21. The van der Waals surface area contributed by atoms with Crippen LogP contribution in [0.1, 0.15) is 12.0 Å². The third kappa shape index (κ3) is 2.92. The number of urea groups is 1. The first kappa shape index (κ1) is 14.8. The molecule has 0 saturated carbocycles. The van der Waals surface area contributed by atoms with Crippen molar-refractivity contribution in [2.45, 2.75) is 18.9 Å². The van der Waals surface area contributed by atoms with E-state index >= 15 is 0 Å². The van der Waals surface area contributed by atoms with Crippen molar-refractivity contribution in [1.82, 2.24) is 15.1 Å². The molecule has 116 valence electrons. The van der Waals surface area contributed by atoms with Gasteiger partial charge in [-0.1, -0.05) is 23.7 Å². The first-order valence-corrected chi connectivity index (χ1v) is 7.54. The van der Waals surface area contributed by atoms with E-state index in [0.717, 1.165) is 5.56 Å². The van der Waals surface area contributed by atoms with E-state index in [4.69, 9.17) is 11.6 Å². The highest BCUT2D eigenvalue weighted by Crippen LogP contribution is 2.19. The lowest BCUT2D eigenvalue weighted by atomic mass is 10.1. The van der Waals surface area contributed by atoms with Crippen LogP contribution in [0.15, 0.2) is 24.3 Å². The van der Waals surface area contributed by atoms with E-state index in [0.29, 0.717) is 31.0 Å². The molecule has 1 aromatic carbocycles. The first-order valence-electron chi connectivity index (χ1n) is 7.16. The zero-order valence-electron chi connectivity index (χ0n) is 11.9. The highest BCUT2D eigenvalue weighted by Gasteiger charge is 2.39. The van der Waals surface area contributed by atoms with Crippen molar-refractivity contribution >= 4 is 29.4 Å². The summed E-state index contributed by atoms with van der Waals surface area (Å²) in [6.45, 7) is 1.02. The molecule has 0 radical (unpaired) electrons. The third-order valence-electron chi connectivity index (χ3n) is 4.03. The summed E-state index contributed by atoms with van der Waals surface area (Å²) in [6, 6.07) is 6.58. The van der Waals surface area contributed by atoms with Gasteiger partial charge in [0, 0.05) is 18.1 Å². The smallest absolute Gasteiger partial charge is 0.324 e. The number of likely N-dealkylation sites (tertiary alicyclic amines) is 1. The molecule has 1 N–H and O–H groups in total. The van der Waals surface area contributed by atoms with E-state index in [1.54, 1.807) is 17.0 Å². The molecule has 22 heavy (non-hydrogen) atoms. The molecule has 0 bridgehead atoms. The highest BCUT2D eigenvalue weighted by molar-refractivity contribution is 6.30. The van der Waals surface area contributed by atoms with Crippen molar-refractivity contribution < 1.29 is 14.4 Å². The standard InChI is InChI=1S/C15H16ClN3O3/c16-11-3-1-10(2-4-11)7-13(20)18-6-5-12(9-18)19-14(21)8-17-15(19)22/h1-4,12H,5-9H2,(H,17,22). The topological polar surface area (TPSA) is 69.7 Å². The summed E-state index contributed by atoms with van der Waals surface area (Å²) in [7, 11) is 0. The Hall–Kier alpha value is -2.08. The van der Waals surface area contributed by atoms with Gasteiger partial charge in [0.25, 0.3) is 0 Å². The van der Waals surface area contributed by atoms with Crippen LogP contribution in [0.2, 0.25) is 5.02 Å². The zero-order chi connectivity index (χ0) is 15.7. The molecule has 6 nitrogen and oxygen atoms in total. The van der Waals surface area contributed by atoms with Gasteiger partial charge in [0.05, 0.1) is 19.0 Å². The second kappa shape index (κ2) is 5.96. The lowest BCUT2D eigenvalue weighted by molar-refractivity contribution is -0.131. The minimum atomic E-state index is -0.359. The van der Waals surface area contributed by atoms with E-state index in [1.807, 2.05) is 12.1 Å². The average Bonchev–Trinajstić information content (AvgIpc) is 3.08. The van der Waals surface area contributed by atoms with E-state index in [-0.39, 0.29) is 30.4 Å². The third-order valence-corrected chi connectivity index (χ3v) is 4.28. The molecule has 0 aromatic heterocycles. The monoisotopic (exact) mass is 321 g/mol. The highest BCUT2D eigenvalue weighted by atomic mass is 35.5. The Bertz CT molecular complexity index is 601. The molecular formula is C15H16ClN3O3. The fourth-order valence-corrected chi connectivity index (χ4v) is 3.00. The first-order chi connectivity index (χ1) is 10.5. The van der Waals surface area contributed by atoms with E-state index < -0.39 is 0 Å². The van der Waals surface area contributed by atoms with Gasteiger partial charge in [-0.05, 0) is 24.1 Å². The van der Waals surface area contributed by atoms with Gasteiger partial charge in [0.2, 0.25) is 11.8 Å². The van der Waals surface area contributed by atoms with E-state index in [2.05, 4.69) is 5.32 Å². The maximum Gasteiger partial charge on any atom is 0.324 e. The predicted octanol–water partition coefficient (Wildman–Crippen LogP) is 1.04. The normalized spacial score (nSPS) is 21.4. The molecule has 7 heteroatoms. The minimum Gasteiger partial charge on any atom is -0.340 e. The molecule has 0 spiro atoms. The van der Waals surface area contributed by atoms with E-state index in [1.165, 1.54) is 4.90 Å². The molecule has 4 amide bonds. The summed E-state index contributed by atoms with van der Waals surface area (Å²) in [4.78, 5) is 38.6. The molecule has 0 aliphatic carbocycles. The van der Waals surface area contributed by atoms with Gasteiger partial charge >= 0.3 is 6.03 Å². The number of amides is 4. The summed E-state index contributed by atoms with van der Waals surface area (Å²) in [6.07, 6.45) is 0.926. The molecular weight excluding hydrogens is 306 g/mol. The molecule has 1 aromatic rings. The van der Waals surface area contributed by atoms with Crippen LogP contribution in [0.25, 0.3) is 0 Å². The number of hydrogen-bond acceptors (Lipinski definition) is 3. The molecule has 2 heterocycles. The summed E-state index contributed by atoms with van der Waals surface area (Å²) in [5.41, 5.74) is 0.896. The van der Waals surface area contributed by atoms with Crippen LogP contribution in [-0.4, -0.2) is 53.3 Å². The van der Waals surface area contributed by atoms with Crippen molar-refractivity contribution in [1.29, 1.82) is 0 Å². The van der Waals surface area contributed by atoms with Gasteiger partial charge in [-0.2, -0.15) is 0 Å². The van der Waals surface area contributed by atoms with Gasteiger partial charge in [0.15, 0.2) is 0 Å². The van der Waals surface area contributed by atoms with Gasteiger partial charge in [0.1, 0.15) is 0 Å². The average molecular weight is 322 g/mol. The van der Waals surface area contributed by atoms with Crippen LogP contribution in [0, 0.1) is 0 Å². The van der Waals surface area contributed by atoms with Crippen molar-refractivity contribution in [3.8, 4) is 0 Å². The van der Waals surface area contributed by atoms with Crippen LogP contribution in [0.3, 0.4) is 0 Å². The van der Waals surface area contributed by atoms with Crippen LogP contribution < -0.4 is 5.32 Å². The maximum absolute atomic E-state index is 12.3. The molecule has 2 saturated heterocycles. The Morgan fingerprint density at radius 1 is 1.27 bits per heavy atom. The van der Waals surface area contributed by atoms with Gasteiger partial charge in [-0.25, -0.2) is 4.79 Å². The number of rotatable bonds is 3. The van der Waals surface area contributed by atoms with Crippen molar-refractivity contribution in [2.24, 2.45) is 0 Å². The SMILES string of the molecule is O=C(Cc1ccc(Cl)cc1)N1CCC(N2C(=O)CNC2=O)C1. The van der Waals surface area contributed by atoms with Crippen molar-refractivity contribution in [3.05, 3.63) is 34.9 Å². The number of halogens is 1. The Labute approximate surface area is 133 Å². The van der Waals surface area contributed by atoms with Gasteiger partial charge in [-0.3, -0.25) is 14.5 Å². The minimum absolute atomic E-state index is 0.00289. The molecule has 2 aliphatic heterocycles. The summed E-state index contributed by atoms with van der Waals surface area (Å²) < 4.78 is 0. The molecule has 2 fully saturated rings. The number of carbonyl (C=O) groups excluding carboxylic acids is 3. The van der Waals surface area contributed by atoms with Crippen molar-refractivity contribution in [2.75, 3.05) is 19.6 Å². The Morgan fingerprint density at radius 2 is 2.00 bits per heavy atom. The molecule has 1 atom stereocenters. The maximum atomic E-state index is 12.3. The largest absolute Gasteiger partial charge is 0.340 e. The van der Waals surface area contributed by atoms with Crippen LogP contribution >= 0.6 is 11.6 Å². The second-order valence-corrected chi connectivity index (χ2v) is 5.94. The quantitative estimate of drug-likeness (QED) is 0.846. The number of imide groups is 1. The number of nitrogens with one attached hydrogen (secondary N) is 1. The molecule has 2 aliphatic rings. The number of hydrogen-bond donors (Lipinski definition) is 1. The molecule has 1 unspecified atom stereocenters. The summed E-state index contributed by atoms with van der Waals surface area (Å²) >= 11 is 5.82. The summed E-state index contributed by atoms with van der Waals surface area (Å²) in [5.74, 6) is -0.223. The van der Waals surface area contributed by atoms with Gasteiger partial charge in [-0.15, -0.1) is 0 Å². The van der Waals surface area contributed by atoms with Crippen LogP contribution in [0.5, 0.6) is 0 Å². The Kier molecular flexibility index (Phi) is 4.02. The number of nitrogens with zero attached hydrogens (tertiary/aromatic N) is 2. The van der Waals surface area contributed by atoms with Gasteiger partial charge < -0.3 is 10.2 Å². The summed E-state index contributed by atoms with van der Waals surface area (Å²) in [5, 5.41) is 3.14. The van der Waals surface area contributed by atoms with Crippen molar-refractivity contribution in [3.63, 3.8) is 0 Å². The number of carbonyl (C=O) groups is 3. The molecule has 3 rings (SSSR count). The zero-order valence-corrected chi connectivity index (χ0v) is 12.7. The van der Waals surface area contributed by atoms with E-state index in [9.17, 15) is 14.4 Å². The fourth-order valence-electron chi connectivity index (χ4n) is 2.87. The fraction of sp³-hybridized carbons (Fsp3) is 0.400. The van der Waals surface area contributed by atoms with Crippen LogP contribution in [-0.2, 0) is 16.0 Å². The second-order valence-electron chi connectivity index (χ2n) is 5.51.